The van der Waals surface area contributed by atoms with E-state index in [0.717, 1.165) is 28.2 Å². The highest BCUT2D eigenvalue weighted by Gasteiger charge is 2.40. The number of halogens is 1. The zero-order valence-corrected chi connectivity index (χ0v) is 13.3. The van der Waals surface area contributed by atoms with Gasteiger partial charge in [0.2, 0.25) is 0 Å². The van der Waals surface area contributed by atoms with Crippen molar-refractivity contribution in [1.29, 1.82) is 0 Å². The zero-order valence-electron chi connectivity index (χ0n) is 12.6. The second kappa shape index (κ2) is 5.47. The van der Waals surface area contributed by atoms with E-state index in [4.69, 9.17) is 11.6 Å². The van der Waals surface area contributed by atoms with Crippen LogP contribution in [0.25, 0.3) is 10.9 Å². The molecule has 114 valence electrons. The number of nitrogens with zero attached hydrogens (tertiary/aromatic N) is 2. The van der Waals surface area contributed by atoms with E-state index >= 15 is 0 Å². The van der Waals surface area contributed by atoms with Crippen LogP contribution in [0.4, 0.5) is 5.69 Å². The van der Waals surface area contributed by atoms with Crippen molar-refractivity contribution >= 4 is 28.2 Å². The van der Waals surface area contributed by atoms with Gasteiger partial charge >= 0.3 is 0 Å². The molecule has 22 heavy (non-hydrogen) atoms. The molecule has 0 bridgehead atoms. The van der Waals surface area contributed by atoms with E-state index in [-0.39, 0.29) is 0 Å². The van der Waals surface area contributed by atoms with Crippen LogP contribution in [0.1, 0.15) is 25.7 Å². The molecule has 3 heterocycles. The molecule has 0 aliphatic carbocycles. The number of fused-ring (bicyclic) bond motifs is 2. The highest BCUT2D eigenvalue weighted by atomic mass is 35.5. The molecule has 0 radical (unpaired) electrons. The maximum absolute atomic E-state index is 6.05. The normalized spacial score (nSPS) is 23.2. The van der Waals surface area contributed by atoms with Crippen molar-refractivity contribution in [2.24, 2.45) is 0 Å². The maximum Gasteiger partial charge on any atom is 0.0737 e. The van der Waals surface area contributed by atoms with E-state index in [1.54, 1.807) is 0 Å². The van der Waals surface area contributed by atoms with Gasteiger partial charge in [-0.25, -0.2) is 0 Å². The van der Waals surface area contributed by atoms with E-state index in [2.05, 4.69) is 27.5 Å². The molecule has 2 aromatic rings. The number of hydrogen-bond acceptors (Lipinski definition) is 3. The standard InChI is InChI=1S/C18H20ClN3/c19-14-3-4-15-16(5-9-20-17(15)13-14)21-10-8-18-6-1-11-22(18)12-2-7-18/h1,3-5,9,11,13H,2,6-8,10,12H2,(H,20,21). The van der Waals surface area contributed by atoms with Crippen molar-refractivity contribution in [2.45, 2.75) is 31.2 Å². The molecule has 4 rings (SSSR count). The summed E-state index contributed by atoms with van der Waals surface area (Å²) in [5, 5.41) is 5.47. The van der Waals surface area contributed by atoms with E-state index < -0.39 is 0 Å². The highest BCUT2D eigenvalue weighted by Crippen LogP contribution is 2.40. The van der Waals surface area contributed by atoms with E-state index in [1.807, 2.05) is 30.5 Å². The Balaban J connectivity index is 1.48. The van der Waals surface area contributed by atoms with Crippen LogP contribution in [0.15, 0.2) is 42.7 Å². The van der Waals surface area contributed by atoms with Crippen LogP contribution in [-0.2, 0) is 0 Å². The lowest BCUT2D eigenvalue weighted by Crippen LogP contribution is -2.38. The van der Waals surface area contributed by atoms with E-state index in [9.17, 15) is 0 Å². The minimum atomic E-state index is 0.374. The first-order valence-corrected chi connectivity index (χ1v) is 8.36. The molecule has 1 saturated heterocycles. The molecule has 3 nitrogen and oxygen atoms in total. The van der Waals surface area contributed by atoms with Gasteiger partial charge in [0.25, 0.3) is 0 Å². The summed E-state index contributed by atoms with van der Waals surface area (Å²) in [5.74, 6) is 0. The van der Waals surface area contributed by atoms with Crippen molar-refractivity contribution in [3.8, 4) is 0 Å². The molecular weight excluding hydrogens is 294 g/mol. The van der Waals surface area contributed by atoms with Gasteiger partial charge in [-0.15, -0.1) is 0 Å². The molecule has 1 unspecified atom stereocenters. The smallest absolute Gasteiger partial charge is 0.0737 e. The van der Waals surface area contributed by atoms with Crippen LogP contribution in [0.5, 0.6) is 0 Å². The summed E-state index contributed by atoms with van der Waals surface area (Å²) in [4.78, 5) is 6.94. The quantitative estimate of drug-likeness (QED) is 0.904. The fraction of sp³-hybridized carbons (Fsp3) is 0.389. The molecule has 1 N–H and O–H groups in total. The summed E-state index contributed by atoms with van der Waals surface area (Å²) in [7, 11) is 0. The van der Waals surface area contributed by atoms with Gasteiger partial charge in [0.15, 0.2) is 0 Å². The van der Waals surface area contributed by atoms with Gasteiger partial charge in [0, 0.05) is 40.9 Å². The van der Waals surface area contributed by atoms with Gasteiger partial charge in [0.05, 0.1) is 5.52 Å². The molecule has 0 saturated carbocycles. The number of aromatic nitrogens is 1. The molecule has 1 atom stereocenters. The third kappa shape index (κ3) is 2.34. The Morgan fingerprint density at radius 2 is 2.27 bits per heavy atom. The number of anilines is 1. The van der Waals surface area contributed by atoms with Crippen molar-refractivity contribution in [3.05, 3.63) is 47.8 Å². The second-order valence-electron chi connectivity index (χ2n) is 6.31. The predicted octanol–water partition coefficient (Wildman–Crippen LogP) is 4.44. The monoisotopic (exact) mass is 313 g/mol. The Morgan fingerprint density at radius 3 is 3.23 bits per heavy atom. The molecular formula is C18H20ClN3. The largest absolute Gasteiger partial charge is 0.384 e. The van der Waals surface area contributed by atoms with Gasteiger partial charge in [-0.05, 0) is 56.1 Å². The minimum absolute atomic E-state index is 0.374. The van der Waals surface area contributed by atoms with Crippen LogP contribution >= 0.6 is 11.6 Å². The lowest BCUT2D eigenvalue weighted by Gasteiger charge is -2.33. The molecule has 2 aliphatic rings. The number of rotatable bonds is 4. The van der Waals surface area contributed by atoms with Crippen LogP contribution in [0.3, 0.4) is 0 Å². The molecule has 0 amide bonds. The van der Waals surface area contributed by atoms with Crippen molar-refractivity contribution < 1.29 is 0 Å². The van der Waals surface area contributed by atoms with Crippen molar-refractivity contribution in [1.82, 2.24) is 9.88 Å². The Kier molecular flexibility index (Phi) is 3.45. The molecule has 2 aliphatic heterocycles. The fourth-order valence-corrected chi connectivity index (χ4v) is 4.05. The average molecular weight is 314 g/mol. The Bertz CT molecular complexity index is 727. The first-order valence-electron chi connectivity index (χ1n) is 7.98. The van der Waals surface area contributed by atoms with Crippen LogP contribution < -0.4 is 5.32 Å². The lowest BCUT2D eigenvalue weighted by molar-refractivity contribution is 0.215. The molecule has 1 aromatic carbocycles. The zero-order chi connectivity index (χ0) is 15.0. The number of nitrogens with one attached hydrogen (secondary N) is 1. The van der Waals surface area contributed by atoms with Gasteiger partial charge < -0.3 is 10.2 Å². The van der Waals surface area contributed by atoms with Crippen molar-refractivity contribution in [3.63, 3.8) is 0 Å². The minimum Gasteiger partial charge on any atom is -0.384 e. The average Bonchev–Trinajstić information content (AvgIpc) is 3.06. The van der Waals surface area contributed by atoms with Crippen LogP contribution in [-0.4, -0.2) is 28.5 Å². The predicted molar refractivity (Wildman–Crippen MR) is 92.3 cm³/mol. The Labute approximate surface area is 136 Å². The van der Waals surface area contributed by atoms with Gasteiger partial charge in [0.1, 0.15) is 0 Å². The molecule has 0 spiro atoms. The number of benzene rings is 1. The van der Waals surface area contributed by atoms with E-state index in [0.29, 0.717) is 5.54 Å². The SMILES string of the molecule is Clc1ccc2c(NCCC34CC=CN3CCC4)ccnc2c1. The molecule has 1 aromatic heterocycles. The summed E-state index contributed by atoms with van der Waals surface area (Å²) < 4.78 is 0. The third-order valence-corrected chi connectivity index (χ3v) is 5.28. The Morgan fingerprint density at radius 1 is 1.32 bits per heavy atom. The van der Waals surface area contributed by atoms with Gasteiger partial charge in [-0.3, -0.25) is 4.98 Å². The first kappa shape index (κ1) is 13.9. The summed E-state index contributed by atoms with van der Waals surface area (Å²) in [5.41, 5.74) is 2.47. The van der Waals surface area contributed by atoms with Gasteiger partial charge in [-0.1, -0.05) is 17.7 Å². The number of pyridine rings is 1. The van der Waals surface area contributed by atoms with E-state index in [1.165, 1.54) is 32.2 Å². The fourth-order valence-electron chi connectivity index (χ4n) is 3.89. The van der Waals surface area contributed by atoms with Gasteiger partial charge in [-0.2, -0.15) is 0 Å². The van der Waals surface area contributed by atoms with Crippen molar-refractivity contribution in [2.75, 3.05) is 18.4 Å². The highest BCUT2D eigenvalue weighted by molar-refractivity contribution is 6.31. The second-order valence-corrected chi connectivity index (χ2v) is 6.74. The summed E-state index contributed by atoms with van der Waals surface area (Å²) in [6.07, 6.45) is 11.5. The number of hydrogen-bond donors (Lipinski definition) is 1. The first-order chi connectivity index (χ1) is 10.8. The summed E-state index contributed by atoms with van der Waals surface area (Å²) in [6.45, 7) is 2.20. The molecule has 4 heteroatoms. The maximum atomic E-state index is 6.05. The lowest BCUT2D eigenvalue weighted by atomic mass is 9.90. The topological polar surface area (TPSA) is 28.2 Å². The summed E-state index contributed by atoms with van der Waals surface area (Å²) in [6, 6.07) is 7.94. The van der Waals surface area contributed by atoms with Crippen LogP contribution in [0.2, 0.25) is 5.02 Å². The molecule has 1 fully saturated rings. The van der Waals surface area contributed by atoms with Crippen LogP contribution in [0, 0.1) is 0 Å². The third-order valence-electron chi connectivity index (χ3n) is 5.04. The Hall–Kier alpha value is -1.74. The summed E-state index contributed by atoms with van der Waals surface area (Å²) >= 11 is 6.05.